The molecule has 3 aromatic rings. The Balaban J connectivity index is 2.00. The molecule has 0 atom stereocenters. The molecule has 0 saturated carbocycles. The molecule has 0 radical (unpaired) electrons. The van der Waals surface area contributed by atoms with Gasteiger partial charge in [-0.1, -0.05) is 30.3 Å². The maximum Gasteiger partial charge on any atom is 0.206 e. The Morgan fingerprint density at radius 3 is 2.05 bits per heavy atom. The van der Waals surface area contributed by atoms with E-state index in [1.807, 2.05) is 6.07 Å². The third kappa shape index (κ3) is 2.23. The molecule has 1 aromatic heterocycles. The van der Waals surface area contributed by atoms with Crippen LogP contribution in [0, 0.1) is 0 Å². The van der Waals surface area contributed by atoms with Crippen LogP contribution in [0.25, 0.3) is 11.3 Å². The SMILES string of the molecule is O=S(=O)(c1ccccc1)c1ccc(-c2ccn[nH]2)cc1. The Morgan fingerprint density at radius 2 is 1.45 bits per heavy atom. The summed E-state index contributed by atoms with van der Waals surface area (Å²) in [6.07, 6.45) is 1.66. The van der Waals surface area contributed by atoms with E-state index in [4.69, 9.17) is 0 Å². The minimum Gasteiger partial charge on any atom is -0.278 e. The molecule has 0 saturated heterocycles. The average molecular weight is 284 g/mol. The highest BCUT2D eigenvalue weighted by Crippen LogP contribution is 2.23. The number of nitrogens with zero attached hydrogens (tertiary/aromatic N) is 1. The summed E-state index contributed by atoms with van der Waals surface area (Å²) >= 11 is 0. The van der Waals surface area contributed by atoms with Crippen LogP contribution in [0.5, 0.6) is 0 Å². The number of H-pyrrole nitrogens is 1. The Morgan fingerprint density at radius 1 is 0.800 bits per heavy atom. The van der Waals surface area contributed by atoms with Gasteiger partial charge in [0.05, 0.1) is 15.5 Å². The summed E-state index contributed by atoms with van der Waals surface area (Å²) in [5.74, 6) is 0. The molecule has 1 heterocycles. The third-order valence-corrected chi connectivity index (χ3v) is 4.82. The van der Waals surface area contributed by atoms with Crippen LogP contribution < -0.4 is 0 Å². The zero-order valence-electron chi connectivity index (χ0n) is 10.5. The van der Waals surface area contributed by atoms with Gasteiger partial charge in [0.15, 0.2) is 0 Å². The van der Waals surface area contributed by atoms with E-state index in [1.165, 1.54) is 0 Å². The van der Waals surface area contributed by atoms with Gasteiger partial charge in [0.1, 0.15) is 0 Å². The zero-order chi connectivity index (χ0) is 14.0. The summed E-state index contributed by atoms with van der Waals surface area (Å²) in [4.78, 5) is 0.584. The van der Waals surface area contributed by atoms with Crippen LogP contribution in [0.15, 0.2) is 76.7 Å². The van der Waals surface area contributed by atoms with Gasteiger partial charge in [-0.05, 0) is 35.9 Å². The fraction of sp³-hybridized carbons (Fsp3) is 0. The van der Waals surface area contributed by atoms with Crippen LogP contribution in [-0.2, 0) is 9.84 Å². The van der Waals surface area contributed by atoms with Crippen LogP contribution in [0.4, 0.5) is 0 Å². The Kier molecular flexibility index (Phi) is 3.12. The maximum absolute atomic E-state index is 12.4. The first-order valence-corrected chi connectivity index (χ1v) is 7.56. The predicted molar refractivity (Wildman–Crippen MR) is 75.9 cm³/mol. The van der Waals surface area contributed by atoms with Gasteiger partial charge in [0.25, 0.3) is 0 Å². The first-order chi connectivity index (χ1) is 9.68. The summed E-state index contributed by atoms with van der Waals surface area (Å²) in [5.41, 5.74) is 1.75. The van der Waals surface area contributed by atoms with Crippen LogP contribution in [0.2, 0.25) is 0 Å². The Labute approximate surface area is 117 Å². The van der Waals surface area contributed by atoms with Crippen molar-refractivity contribution >= 4 is 9.84 Å². The van der Waals surface area contributed by atoms with Crippen molar-refractivity contribution in [3.63, 3.8) is 0 Å². The molecule has 0 amide bonds. The average Bonchev–Trinajstić information content (AvgIpc) is 3.02. The summed E-state index contributed by atoms with van der Waals surface area (Å²) in [5, 5.41) is 6.72. The fourth-order valence-corrected chi connectivity index (χ4v) is 3.25. The number of hydrogen-bond acceptors (Lipinski definition) is 3. The number of hydrogen-bond donors (Lipinski definition) is 1. The van der Waals surface area contributed by atoms with Gasteiger partial charge in [-0.3, -0.25) is 5.10 Å². The summed E-state index contributed by atoms with van der Waals surface area (Å²) < 4.78 is 24.8. The zero-order valence-corrected chi connectivity index (χ0v) is 11.3. The summed E-state index contributed by atoms with van der Waals surface area (Å²) in [6, 6.07) is 17.0. The number of sulfone groups is 1. The van der Waals surface area contributed by atoms with Gasteiger partial charge in [0.2, 0.25) is 9.84 Å². The number of rotatable bonds is 3. The molecule has 4 nitrogen and oxygen atoms in total. The minimum absolute atomic E-state index is 0.284. The second-order valence-electron chi connectivity index (χ2n) is 4.31. The van der Waals surface area contributed by atoms with Gasteiger partial charge in [-0.15, -0.1) is 0 Å². The van der Waals surface area contributed by atoms with Crippen molar-refractivity contribution in [1.29, 1.82) is 0 Å². The first-order valence-electron chi connectivity index (χ1n) is 6.08. The maximum atomic E-state index is 12.4. The second-order valence-corrected chi connectivity index (χ2v) is 6.26. The van der Waals surface area contributed by atoms with E-state index in [1.54, 1.807) is 60.8 Å². The van der Waals surface area contributed by atoms with Crippen molar-refractivity contribution < 1.29 is 8.42 Å². The van der Waals surface area contributed by atoms with Crippen LogP contribution in [0.3, 0.4) is 0 Å². The lowest BCUT2D eigenvalue weighted by Crippen LogP contribution is -2.01. The van der Waals surface area contributed by atoms with Crippen molar-refractivity contribution in [2.24, 2.45) is 0 Å². The molecule has 0 aliphatic heterocycles. The van der Waals surface area contributed by atoms with Crippen molar-refractivity contribution in [2.75, 3.05) is 0 Å². The van der Waals surface area contributed by atoms with Crippen LogP contribution in [0.1, 0.15) is 0 Å². The first kappa shape index (κ1) is 12.6. The monoisotopic (exact) mass is 284 g/mol. The summed E-state index contributed by atoms with van der Waals surface area (Å²) in [7, 11) is -3.45. The van der Waals surface area contributed by atoms with Gasteiger partial charge >= 0.3 is 0 Å². The number of nitrogens with one attached hydrogen (secondary N) is 1. The highest BCUT2D eigenvalue weighted by Gasteiger charge is 2.16. The van der Waals surface area contributed by atoms with Gasteiger partial charge in [-0.2, -0.15) is 5.10 Å². The third-order valence-electron chi connectivity index (χ3n) is 3.03. The minimum atomic E-state index is -3.45. The molecule has 2 aromatic carbocycles. The molecular weight excluding hydrogens is 272 g/mol. The van der Waals surface area contributed by atoms with Gasteiger partial charge in [-0.25, -0.2) is 8.42 Å². The molecule has 100 valence electrons. The highest BCUT2D eigenvalue weighted by atomic mass is 32.2. The van der Waals surface area contributed by atoms with E-state index in [-0.39, 0.29) is 4.90 Å². The van der Waals surface area contributed by atoms with Crippen molar-refractivity contribution in [2.45, 2.75) is 9.79 Å². The molecule has 0 bridgehead atoms. The standard InChI is InChI=1S/C15H12N2O2S/c18-20(19,13-4-2-1-3-5-13)14-8-6-12(7-9-14)15-10-11-16-17-15/h1-11H,(H,16,17). The van der Waals surface area contributed by atoms with Crippen molar-refractivity contribution in [1.82, 2.24) is 10.2 Å². The molecular formula is C15H12N2O2S. The lowest BCUT2D eigenvalue weighted by molar-refractivity contribution is 0.596. The van der Waals surface area contributed by atoms with E-state index in [9.17, 15) is 8.42 Å². The Bertz CT molecular complexity index is 793. The molecule has 0 unspecified atom stereocenters. The largest absolute Gasteiger partial charge is 0.278 e. The molecule has 0 aliphatic rings. The molecule has 5 heteroatoms. The van der Waals surface area contributed by atoms with E-state index in [0.29, 0.717) is 4.90 Å². The lowest BCUT2D eigenvalue weighted by atomic mass is 10.2. The van der Waals surface area contributed by atoms with Gasteiger partial charge < -0.3 is 0 Å². The molecule has 0 aliphatic carbocycles. The molecule has 3 rings (SSSR count). The second kappa shape index (κ2) is 4.94. The predicted octanol–water partition coefficient (Wildman–Crippen LogP) is 2.91. The van der Waals surface area contributed by atoms with E-state index >= 15 is 0 Å². The molecule has 1 N–H and O–H groups in total. The molecule has 0 spiro atoms. The van der Waals surface area contributed by atoms with Gasteiger partial charge in [0, 0.05) is 6.20 Å². The quantitative estimate of drug-likeness (QED) is 0.804. The Hall–Kier alpha value is -2.40. The van der Waals surface area contributed by atoms with Crippen LogP contribution in [-0.4, -0.2) is 18.6 Å². The van der Waals surface area contributed by atoms with E-state index < -0.39 is 9.84 Å². The smallest absolute Gasteiger partial charge is 0.206 e. The number of benzene rings is 2. The summed E-state index contributed by atoms with van der Waals surface area (Å²) in [6.45, 7) is 0. The lowest BCUT2D eigenvalue weighted by Gasteiger charge is -2.05. The van der Waals surface area contributed by atoms with E-state index in [0.717, 1.165) is 11.3 Å². The van der Waals surface area contributed by atoms with E-state index in [2.05, 4.69) is 10.2 Å². The van der Waals surface area contributed by atoms with Crippen molar-refractivity contribution in [3.05, 3.63) is 66.9 Å². The van der Waals surface area contributed by atoms with Crippen LogP contribution >= 0.6 is 0 Å². The fourth-order valence-electron chi connectivity index (χ4n) is 1.97. The number of aromatic amines is 1. The topological polar surface area (TPSA) is 62.8 Å². The highest BCUT2D eigenvalue weighted by molar-refractivity contribution is 7.91. The molecule has 0 fully saturated rings. The number of aromatic nitrogens is 2. The molecule has 20 heavy (non-hydrogen) atoms. The van der Waals surface area contributed by atoms with Crippen molar-refractivity contribution in [3.8, 4) is 11.3 Å². The normalized spacial score (nSPS) is 11.4.